The summed E-state index contributed by atoms with van der Waals surface area (Å²) in [6.45, 7) is 7.06. The molecule has 0 bridgehead atoms. The number of aromatic amines is 1. The molecule has 1 rings (SSSR count). The maximum absolute atomic E-state index is 13.3. The maximum Gasteiger partial charge on any atom is 0.239 e. The van der Waals surface area contributed by atoms with Crippen molar-refractivity contribution in [1.29, 1.82) is 0 Å². The van der Waals surface area contributed by atoms with Crippen LogP contribution in [-0.2, 0) is 20.7 Å². The molecule has 0 saturated heterocycles. The minimum absolute atomic E-state index is 0.0954. The number of aromatic nitrogens is 2. The highest BCUT2D eigenvalue weighted by Crippen LogP contribution is 2.15. The number of allylic oxidation sites excluding steroid dienone is 4. The van der Waals surface area contributed by atoms with Crippen molar-refractivity contribution < 1.29 is 14.3 Å². The van der Waals surface area contributed by atoms with Crippen molar-refractivity contribution in [3.8, 4) is 0 Å². The summed E-state index contributed by atoms with van der Waals surface area (Å²) in [7, 11) is 3.79. The highest BCUT2D eigenvalue weighted by atomic mass is 16.5. The summed E-state index contributed by atoms with van der Waals surface area (Å²) in [6, 6.07) is -0.637. The largest absolute Gasteiger partial charge is 0.374 e. The molecule has 1 aromatic heterocycles. The van der Waals surface area contributed by atoms with Crippen LogP contribution >= 0.6 is 0 Å². The van der Waals surface area contributed by atoms with Crippen LogP contribution in [0, 0.1) is 0 Å². The molecule has 0 aromatic carbocycles. The number of unbranched alkanes of at least 4 members (excludes halogenated alkanes) is 24. The molecule has 0 spiro atoms. The molecular weight excluding hydrogens is 695 g/mol. The van der Waals surface area contributed by atoms with Crippen molar-refractivity contribution in [1.82, 2.24) is 20.2 Å². The van der Waals surface area contributed by atoms with Gasteiger partial charge in [0.2, 0.25) is 5.91 Å². The quantitative estimate of drug-likeness (QED) is 0.0450. The number of amides is 1. The van der Waals surface area contributed by atoms with E-state index in [0.29, 0.717) is 32.7 Å². The minimum atomic E-state index is -0.637. The number of hydrogen-bond acceptors (Lipinski definition) is 6. The zero-order valence-corrected chi connectivity index (χ0v) is 37.2. The Morgan fingerprint density at radius 2 is 1.09 bits per heavy atom. The van der Waals surface area contributed by atoms with E-state index < -0.39 is 6.04 Å². The second kappa shape index (κ2) is 39.8. The zero-order valence-electron chi connectivity index (χ0n) is 37.2. The second-order valence-electron chi connectivity index (χ2n) is 16.4. The van der Waals surface area contributed by atoms with Gasteiger partial charge in [-0.25, -0.2) is 4.98 Å². The number of nitrogens with zero attached hydrogens (tertiary/aromatic N) is 2. The SMILES string of the molecule is CCCCCCCC/C=C/CCCCCCCCOC(CNC)C(CN(C)C(=O)C(N)Cc1cnc[nH]1)OCCCCCCCC/C=C/CCCCCCCC. The summed E-state index contributed by atoms with van der Waals surface area (Å²) in [5.41, 5.74) is 7.20. The fourth-order valence-corrected chi connectivity index (χ4v) is 7.31. The first-order valence-electron chi connectivity index (χ1n) is 23.7. The predicted octanol–water partition coefficient (Wildman–Crippen LogP) is 11.8. The molecule has 326 valence electrons. The van der Waals surface area contributed by atoms with Gasteiger partial charge in [-0.1, -0.05) is 154 Å². The van der Waals surface area contributed by atoms with Crippen molar-refractivity contribution in [2.24, 2.45) is 5.73 Å². The molecule has 4 N–H and O–H groups in total. The predicted molar refractivity (Wildman–Crippen MR) is 240 cm³/mol. The van der Waals surface area contributed by atoms with Crippen molar-refractivity contribution >= 4 is 5.91 Å². The third-order valence-electron chi connectivity index (χ3n) is 10.9. The minimum Gasteiger partial charge on any atom is -0.374 e. The molecular formula is C48H91N5O3. The molecule has 1 heterocycles. The molecule has 8 heteroatoms. The number of nitrogens with two attached hydrogens (primary N) is 1. The van der Waals surface area contributed by atoms with E-state index in [1.54, 1.807) is 17.4 Å². The van der Waals surface area contributed by atoms with Gasteiger partial charge in [-0.15, -0.1) is 0 Å². The molecule has 0 saturated carbocycles. The van der Waals surface area contributed by atoms with E-state index in [1.165, 1.54) is 161 Å². The van der Waals surface area contributed by atoms with E-state index in [4.69, 9.17) is 15.2 Å². The number of H-pyrrole nitrogens is 1. The number of hydrogen-bond donors (Lipinski definition) is 3. The van der Waals surface area contributed by atoms with Crippen molar-refractivity contribution in [2.75, 3.05) is 40.4 Å². The Morgan fingerprint density at radius 1 is 0.679 bits per heavy atom. The Hall–Kier alpha value is -2.00. The van der Waals surface area contributed by atoms with Crippen LogP contribution in [0.2, 0.25) is 0 Å². The van der Waals surface area contributed by atoms with E-state index in [2.05, 4.69) is 53.4 Å². The number of ether oxygens (including phenoxy) is 2. The number of imidazole rings is 1. The fourth-order valence-electron chi connectivity index (χ4n) is 7.31. The van der Waals surface area contributed by atoms with Crippen LogP contribution in [0.25, 0.3) is 0 Å². The fraction of sp³-hybridized carbons (Fsp3) is 0.833. The van der Waals surface area contributed by atoms with Gasteiger partial charge >= 0.3 is 0 Å². The normalized spacial score (nSPS) is 13.6. The molecule has 0 radical (unpaired) electrons. The smallest absolute Gasteiger partial charge is 0.239 e. The van der Waals surface area contributed by atoms with Crippen LogP contribution in [0.5, 0.6) is 0 Å². The number of nitrogens with one attached hydrogen (secondary N) is 2. The highest BCUT2D eigenvalue weighted by molar-refractivity contribution is 5.81. The first kappa shape index (κ1) is 52.0. The van der Waals surface area contributed by atoms with Crippen molar-refractivity contribution in [3.63, 3.8) is 0 Å². The Bertz CT molecular complexity index is 1020. The van der Waals surface area contributed by atoms with E-state index in [0.717, 1.165) is 25.0 Å². The lowest BCUT2D eigenvalue weighted by atomic mass is 10.1. The standard InChI is InChI=1S/C48H91N5O3/c1-5-7-9-11-13-15-17-19-21-23-25-27-29-31-33-35-37-55-46(41-50-3)47(42-53(4)48(54)45(49)39-44-40-51-43-52-44)56-38-36-34-32-30-28-26-24-22-20-18-16-14-12-10-8-6-2/h19-22,40,43,45-47,50H,5-18,23-39,41-42,49H2,1-4H3,(H,51,52)/b21-19+,22-20+. The average Bonchev–Trinajstić information content (AvgIpc) is 3.72. The Labute approximate surface area is 346 Å². The second-order valence-corrected chi connectivity index (χ2v) is 16.4. The van der Waals surface area contributed by atoms with E-state index in [1.807, 2.05) is 14.1 Å². The van der Waals surface area contributed by atoms with Gasteiger partial charge < -0.3 is 30.4 Å². The van der Waals surface area contributed by atoms with Crippen LogP contribution in [-0.4, -0.2) is 79.4 Å². The van der Waals surface area contributed by atoms with Crippen molar-refractivity contribution in [3.05, 3.63) is 42.5 Å². The summed E-state index contributed by atoms with van der Waals surface area (Å²) < 4.78 is 13.0. The van der Waals surface area contributed by atoms with E-state index in [-0.39, 0.29) is 18.1 Å². The molecule has 0 aliphatic heterocycles. The Morgan fingerprint density at radius 3 is 1.50 bits per heavy atom. The summed E-state index contributed by atoms with van der Waals surface area (Å²) in [4.78, 5) is 22.1. The van der Waals surface area contributed by atoms with Crippen LogP contribution in [0.4, 0.5) is 0 Å². The summed E-state index contributed by atoms with van der Waals surface area (Å²) in [5, 5.41) is 3.31. The topological polar surface area (TPSA) is 106 Å². The number of carbonyl (C=O) groups is 1. The number of carbonyl (C=O) groups excluding carboxylic acids is 1. The van der Waals surface area contributed by atoms with Gasteiger partial charge in [0.1, 0.15) is 6.10 Å². The van der Waals surface area contributed by atoms with Gasteiger partial charge in [0, 0.05) is 51.7 Å². The molecule has 0 aliphatic carbocycles. The summed E-state index contributed by atoms with van der Waals surface area (Å²) in [6.07, 6.45) is 49.0. The Kier molecular flexibility index (Phi) is 37.0. The number of rotatable bonds is 42. The van der Waals surface area contributed by atoms with Crippen LogP contribution in [0.1, 0.15) is 199 Å². The zero-order chi connectivity index (χ0) is 40.6. The average molecular weight is 786 g/mol. The van der Waals surface area contributed by atoms with Gasteiger partial charge in [-0.3, -0.25) is 4.79 Å². The van der Waals surface area contributed by atoms with Gasteiger partial charge in [0.15, 0.2) is 0 Å². The molecule has 0 aliphatic rings. The van der Waals surface area contributed by atoms with E-state index >= 15 is 0 Å². The molecule has 56 heavy (non-hydrogen) atoms. The lowest BCUT2D eigenvalue weighted by Crippen LogP contribution is -2.50. The third kappa shape index (κ3) is 31.0. The van der Waals surface area contributed by atoms with Gasteiger partial charge in [-0.2, -0.15) is 0 Å². The lowest BCUT2D eigenvalue weighted by Gasteiger charge is -2.32. The van der Waals surface area contributed by atoms with Crippen LogP contribution < -0.4 is 11.1 Å². The molecule has 3 atom stereocenters. The molecule has 8 nitrogen and oxygen atoms in total. The highest BCUT2D eigenvalue weighted by Gasteiger charge is 2.28. The first-order chi connectivity index (χ1) is 27.5. The Balaban J connectivity index is 2.39. The monoisotopic (exact) mass is 786 g/mol. The van der Waals surface area contributed by atoms with Gasteiger partial charge in [-0.05, 0) is 71.3 Å². The van der Waals surface area contributed by atoms with Crippen LogP contribution in [0.15, 0.2) is 36.8 Å². The number of likely N-dealkylation sites (N-methyl/N-ethyl adjacent to an activating group) is 2. The van der Waals surface area contributed by atoms with Gasteiger partial charge in [0.05, 0.1) is 18.5 Å². The van der Waals surface area contributed by atoms with Crippen molar-refractivity contribution in [2.45, 2.75) is 218 Å². The summed E-state index contributed by atoms with van der Waals surface area (Å²) in [5.74, 6) is -0.0954. The molecule has 1 amide bonds. The molecule has 3 unspecified atom stereocenters. The first-order valence-corrected chi connectivity index (χ1v) is 23.7. The van der Waals surface area contributed by atoms with Crippen LogP contribution in [0.3, 0.4) is 0 Å². The van der Waals surface area contributed by atoms with Gasteiger partial charge in [0.25, 0.3) is 0 Å². The lowest BCUT2D eigenvalue weighted by molar-refractivity contribution is -0.136. The summed E-state index contributed by atoms with van der Waals surface area (Å²) >= 11 is 0. The molecule has 0 fully saturated rings. The molecule has 1 aromatic rings. The third-order valence-corrected chi connectivity index (χ3v) is 10.9. The maximum atomic E-state index is 13.3. The van der Waals surface area contributed by atoms with E-state index in [9.17, 15) is 4.79 Å².